The number of halogens is 3. The summed E-state index contributed by atoms with van der Waals surface area (Å²) in [5, 5.41) is 0.616. The van der Waals surface area contributed by atoms with Gasteiger partial charge in [0.15, 0.2) is 0 Å². The van der Waals surface area contributed by atoms with E-state index in [0.717, 1.165) is 9.08 Å². The summed E-state index contributed by atoms with van der Waals surface area (Å²) in [5.74, 6) is -0.0666. The molecule has 1 N–H and O–H groups in total. The van der Waals surface area contributed by atoms with Gasteiger partial charge in [0.05, 0.1) is 14.8 Å². The summed E-state index contributed by atoms with van der Waals surface area (Å²) in [7, 11) is 0. The van der Waals surface area contributed by atoms with Crippen LogP contribution in [0.2, 0.25) is 5.02 Å². The second kappa shape index (κ2) is 4.73. The molecule has 1 aromatic carbocycles. The Morgan fingerprint density at radius 1 is 1.19 bits per heavy atom. The van der Waals surface area contributed by atoms with Gasteiger partial charge in [-0.15, -0.1) is 0 Å². The number of rotatable bonds is 2. The molecule has 0 saturated heterocycles. The summed E-state index contributed by atoms with van der Waals surface area (Å²) < 4.78 is 1.58. The van der Waals surface area contributed by atoms with Crippen LogP contribution in [0.25, 0.3) is 0 Å². The third kappa shape index (κ3) is 2.39. The van der Waals surface area contributed by atoms with Crippen molar-refractivity contribution in [1.82, 2.24) is 4.98 Å². The summed E-state index contributed by atoms with van der Waals surface area (Å²) >= 11 is 12.4. The highest BCUT2D eigenvalue weighted by molar-refractivity contribution is 9.13. The van der Waals surface area contributed by atoms with Gasteiger partial charge in [-0.2, -0.15) is 0 Å². The molecule has 5 heteroatoms. The van der Waals surface area contributed by atoms with E-state index in [9.17, 15) is 4.79 Å². The van der Waals surface area contributed by atoms with Gasteiger partial charge in [-0.3, -0.25) is 4.79 Å². The first-order valence-electron chi connectivity index (χ1n) is 4.42. The normalized spacial score (nSPS) is 10.4. The molecule has 0 bridgehead atoms. The maximum atomic E-state index is 12.0. The molecule has 0 atom stereocenters. The van der Waals surface area contributed by atoms with E-state index in [4.69, 9.17) is 11.6 Å². The van der Waals surface area contributed by atoms with E-state index < -0.39 is 0 Å². The van der Waals surface area contributed by atoms with Crippen molar-refractivity contribution in [3.63, 3.8) is 0 Å². The van der Waals surface area contributed by atoms with E-state index in [1.165, 1.54) is 0 Å². The van der Waals surface area contributed by atoms with E-state index in [1.54, 1.807) is 30.3 Å². The van der Waals surface area contributed by atoms with Crippen molar-refractivity contribution in [3.8, 4) is 0 Å². The number of aromatic nitrogens is 1. The lowest BCUT2D eigenvalue weighted by Crippen LogP contribution is -2.00. The third-order valence-corrected chi connectivity index (χ3v) is 4.11. The fourth-order valence-corrected chi connectivity index (χ4v) is 2.07. The number of ketones is 1. The number of hydrogen-bond acceptors (Lipinski definition) is 1. The summed E-state index contributed by atoms with van der Waals surface area (Å²) in [6.07, 6.45) is 0. The van der Waals surface area contributed by atoms with Crippen LogP contribution in [-0.4, -0.2) is 10.8 Å². The molecule has 0 amide bonds. The zero-order valence-electron chi connectivity index (χ0n) is 7.93. The number of H-pyrrole nitrogens is 1. The molecule has 16 heavy (non-hydrogen) atoms. The molecule has 0 spiro atoms. The van der Waals surface area contributed by atoms with Gasteiger partial charge in [0.25, 0.3) is 0 Å². The average molecular weight is 363 g/mol. The number of carbonyl (C=O) groups is 1. The fraction of sp³-hybridized carbons (Fsp3) is 0. The van der Waals surface area contributed by atoms with Crippen LogP contribution in [0.5, 0.6) is 0 Å². The maximum absolute atomic E-state index is 12.0. The van der Waals surface area contributed by atoms with Crippen LogP contribution in [0.3, 0.4) is 0 Å². The predicted molar refractivity (Wildman–Crippen MR) is 71.1 cm³/mol. The number of carbonyl (C=O) groups excluding carboxylic acids is 1. The minimum atomic E-state index is -0.0666. The Balaban J connectivity index is 2.35. The lowest BCUT2D eigenvalue weighted by molar-refractivity contribution is 0.103. The molecule has 2 aromatic rings. The van der Waals surface area contributed by atoms with E-state index >= 15 is 0 Å². The summed E-state index contributed by atoms with van der Waals surface area (Å²) in [4.78, 5) is 15.0. The van der Waals surface area contributed by atoms with Crippen LogP contribution < -0.4 is 0 Å². The fourth-order valence-electron chi connectivity index (χ4n) is 1.28. The minimum absolute atomic E-state index is 0.0666. The molecule has 82 valence electrons. The highest BCUT2D eigenvalue weighted by atomic mass is 79.9. The van der Waals surface area contributed by atoms with Gasteiger partial charge in [-0.25, -0.2) is 0 Å². The van der Waals surface area contributed by atoms with Crippen LogP contribution in [0.15, 0.2) is 39.4 Å². The van der Waals surface area contributed by atoms with Gasteiger partial charge in [0.1, 0.15) is 0 Å². The monoisotopic (exact) mass is 361 g/mol. The first-order chi connectivity index (χ1) is 7.58. The van der Waals surface area contributed by atoms with E-state index in [0.29, 0.717) is 16.3 Å². The Labute approximate surface area is 114 Å². The first kappa shape index (κ1) is 11.9. The number of aromatic amines is 1. The molecule has 0 fully saturated rings. The Hall–Kier alpha value is -0.580. The van der Waals surface area contributed by atoms with Crippen LogP contribution in [0.1, 0.15) is 16.1 Å². The van der Waals surface area contributed by atoms with E-state index in [1.807, 2.05) is 0 Å². The van der Waals surface area contributed by atoms with E-state index in [2.05, 4.69) is 36.8 Å². The molecule has 2 rings (SSSR count). The van der Waals surface area contributed by atoms with Gasteiger partial charge in [-0.1, -0.05) is 11.6 Å². The zero-order chi connectivity index (χ0) is 11.7. The molecule has 0 radical (unpaired) electrons. The molecular formula is C11H6Br2ClNO. The predicted octanol–water partition coefficient (Wildman–Crippen LogP) is 4.42. The summed E-state index contributed by atoms with van der Waals surface area (Å²) in [5.41, 5.74) is 1.13. The van der Waals surface area contributed by atoms with E-state index in [-0.39, 0.29) is 5.78 Å². The number of hydrogen-bond donors (Lipinski definition) is 1. The molecule has 0 unspecified atom stereocenters. The summed E-state index contributed by atoms with van der Waals surface area (Å²) in [6, 6.07) is 8.53. The van der Waals surface area contributed by atoms with Crippen molar-refractivity contribution >= 4 is 49.2 Å². The number of nitrogens with one attached hydrogen (secondary N) is 1. The summed E-state index contributed by atoms with van der Waals surface area (Å²) in [6.45, 7) is 0. The lowest BCUT2D eigenvalue weighted by Gasteiger charge is -1.98. The van der Waals surface area contributed by atoms with Gasteiger partial charge < -0.3 is 4.98 Å². The molecule has 1 heterocycles. The molecule has 0 aliphatic rings. The van der Waals surface area contributed by atoms with Crippen LogP contribution >= 0.6 is 43.5 Å². The third-order valence-electron chi connectivity index (χ3n) is 2.08. The van der Waals surface area contributed by atoms with Crippen LogP contribution in [-0.2, 0) is 0 Å². The molecule has 2 nitrogen and oxygen atoms in total. The van der Waals surface area contributed by atoms with Crippen molar-refractivity contribution in [3.05, 3.63) is 55.7 Å². The SMILES string of the molecule is O=C(c1ccc(Cl)cc1)c1cc(Br)c(Br)[nH]1. The Kier molecular flexibility index (Phi) is 3.52. The minimum Gasteiger partial charge on any atom is -0.346 e. The van der Waals surface area contributed by atoms with Gasteiger partial charge in [-0.05, 0) is 62.2 Å². The zero-order valence-corrected chi connectivity index (χ0v) is 11.9. The van der Waals surface area contributed by atoms with Crippen molar-refractivity contribution in [1.29, 1.82) is 0 Å². The smallest absolute Gasteiger partial charge is 0.209 e. The Bertz CT molecular complexity index is 514. The standard InChI is InChI=1S/C11H6Br2ClNO/c12-8-5-9(15-11(8)13)10(16)6-1-3-7(14)4-2-6/h1-5,15H. The highest BCUT2D eigenvalue weighted by Gasteiger charge is 2.12. The van der Waals surface area contributed by atoms with Gasteiger partial charge >= 0.3 is 0 Å². The largest absolute Gasteiger partial charge is 0.346 e. The van der Waals surface area contributed by atoms with Crippen molar-refractivity contribution in [2.24, 2.45) is 0 Å². The first-order valence-corrected chi connectivity index (χ1v) is 6.38. The average Bonchev–Trinajstić information content (AvgIpc) is 2.59. The maximum Gasteiger partial charge on any atom is 0.209 e. The van der Waals surface area contributed by atoms with Crippen LogP contribution in [0, 0.1) is 0 Å². The van der Waals surface area contributed by atoms with Gasteiger partial charge in [0, 0.05) is 10.6 Å². The molecule has 0 aliphatic heterocycles. The lowest BCUT2D eigenvalue weighted by atomic mass is 10.1. The second-order valence-corrected chi connectivity index (χ2v) is 5.26. The van der Waals surface area contributed by atoms with Crippen molar-refractivity contribution in [2.75, 3.05) is 0 Å². The second-order valence-electron chi connectivity index (χ2n) is 3.18. The number of benzene rings is 1. The highest BCUT2D eigenvalue weighted by Crippen LogP contribution is 2.24. The molecule has 1 aromatic heterocycles. The topological polar surface area (TPSA) is 32.9 Å². The molecule has 0 aliphatic carbocycles. The Morgan fingerprint density at radius 2 is 1.81 bits per heavy atom. The quantitative estimate of drug-likeness (QED) is 0.787. The Morgan fingerprint density at radius 3 is 2.31 bits per heavy atom. The van der Waals surface area contributed by atoms with Crippen molar-refractivity contribution in [2.45, 2.75) is 0 Å². The van der Waals surface area contributed by atoms with Gasteiger partial charge in [0.2, 0.25) is 5.78 Å². The van der Waals surface area contributed by atoms with Crippen LogP contribution in [0.4, 0.5) is 0 Å². The molecule has 0 saturated carbocycles. The van der Waals surface area contributed by atoms with Crippen molar-refractivity contribution < 1.29 is 4.79 Å². The molecular weight excluding hydrogens is 357 g/mol.